The Morgan fingerprint density at radius 2 is 2.07 bits per heavy atom. The van der Waals surface area contributed by atoms with Crippen molar-refractivity contribution >= 4 is 29.2 Å². The van der Waals surface area contributed by atoms with Crippen molar-refractivity contribution in [3.8, 4) is 11.5 Å². The smallest absolute Gasteiger partial charge is 0.307 e. The maximum Gasteiger partial charge on any atom is 0.307 e. The van der Waals surface area contributed by atoms with Crippen LogP contribution in [0.3, 0.4) is 0 Å². The van der Waals surface area contributed by atoms with Crippen LogP contribution in [0.1, 0.15) is 35.5 Å². The van der Waals surface area contributed by atoms with E-state index in [2.05, 4.69) is 10.5 Å². The number of fused-ring (bicyclic) bond motifs is 3. The van der Waals surface area contributed by atoms with E-state index in [1.54, 1.807) is 24.3 Å². The predicted molar refractivity (Wildman–Crippen MR) is 103 cm³/mol. The summed E-state index contributed by atoms with van der Waals surface area (Å²) in [5.74, 6) is 0.547. The highest BCUT2D eigenvalue weighted by Gasteiger charge is 2.24. The molecule has 1 aliphatic heterocycles. The first kappa shape index (κ1) is 16.9. The summed E-state index contributed by atoms with van der Waals surface area (Å²) in [6.45, 7) is 3.95. The maximum atomic E-state index is 12.3. The van der Waals surface area contributed by atoms with Crippen molar-refractivity contribution in [2.75, 3.05) is 0 Å². The minimum absolute atomic E-state index is 0.130. The quantitative estimate of drug-likeness (QED) is 0.543. The summed E-state index contributed by atoms with van der Waals surface area (Å²) in [5, 5.41) is 14.1. The molecule has 0 fully saturated rings. The van der Waals surface area contributed by atoms with E-state index in [0.717, 1.165) is 16.7 Å². The molecule has 0 saturated heterocycles. The Kier molecular flexibility index (Phi) is 3.96. The summed E-state index contributed by atoms with van der Waals surface area (Å²) in [6, 6.07) is 12.0. The largest absolute Gasteiger partial charge is 0.508 e. The van der Waals surface area contributed by atoms with Gasteiger partial charge in [0.15, 0.2) is 5.76 Å². The lowest BCUT2D eigenvalue weighted by molar-refractivity contribution is 0.0929. The van der Waals surface area contributed by atoms with Crippen molar-refractivity contribution in [1.82, 2.24) is 5.43 Å². The lowest BCUT2D eigenvalue weighted by Crippen LogP contribution is -2.27. The Hall–Kier alpha value is -3.54. The Balaban J connectivity index is 1.56. The number of rotatable bonds is 3. The highest BCUT2D eigenvalue weighted by atomic mass is 16.5. The molecule has 0 saturated carbocycles. The second kappa shape index (κ2) is 6.32. The molecule has 1 aromatic heterocycles. The number of furan rings is 1. The van der Waals surface area contributed by atoms with Crippen molar-refractivity contribution in [2.45, 2.75) is 19.4 Å². The fourth-order valence-electron chi connectivity index (χ4n) is 2.89. The van der Waals surface area contributed by atoms with E-state index in [1.165, 1.54) is 12.3 Å². The van der Waals surface area contributed by atoms with Gasteiger partial charge in [0.05, 0.1) is 11.8 Å². The Bertz CT molecular complexity index is 1090. The molecule has 6 heteroatoms. The first-order chi connectivity index (χ1) is 12.9. The first-order valence-electron chi connectivity index (χ1n) is 8.48. The van der Waals surface area contributed by atoms with Crippen LogP contribution in [-0.4, -0.2) is 22.8 Å². The van der Waals surface area contributed by atoms with Gasteiger partial charge in [-0.15, -0.1) is 0 Å². The number of hydrazone groups is 1. The SMILES string of the molecule is CC1(C)C=Cc2c(ccc3cc(C(=O)N/N=C/c4cccc(O)c4)oc23)O1. The van der Waals surface area contributed by atoms with Crippen LogP contribution in [0.15, 0.2) is 58.1 Å². The molecule has 27 heavy (non-hydrogen) atoms. The number of carbonyl (C=O) groups is 1. The van der Waals surface area contributed by atoms with Crippen molar-refractivity contribution in [3.05, 3.63) is 65.4 Å². The van der Waals surface area contributed by atoms with Crippen molar-refractivity contribution in [2.24, 2.45) is 5.10 Å². The molecule has 1 aliphatic rings. The number of nitrogens with zero attached hydrogens (tertiary/aromatic N) is 1. The number of hydrogen-bond donors (Lipinski definition) is 2. The molecule has 136 valence electrons. The predicted octanol–water partition coefficient (Wildman–Crippen LogP) is 4.09. The molecule has 2 heterocycles. The lowest BCUT2D eigenvalue weighted by Gasteiger charge is -2.27. The van der Waals surface area contributed by atoms with Gasteiger partial charge in [0, 0.05) is 5.39 Å². The summed E-state index contributed by atoms with van der Waals surface area (Å²) in [4.78, 5) is 12.3. The van der Waals surface area contributed by atoms with Gasteiger partial charge in [-0.05, 0) is 61.9 Å². The highest BCUT2D eigenvalue weighted by molar-refractivity contribution is 5.99. The molecule has 3 aromatic rings. The summed E-state index contributed by atoms with van der Waals surface area (Å²) in [6.07, 6.45) is 5.35. The topological polar surface area (TPSA) is 84.1 Å². The van der Waals surface area contributed by atoms with E-state index in [9.17, 15) is 9.90 Å². The van der Waals surface area contributed by atoms with Crippen molar-refractivity contribution in [3.63, 3.8) is 0 Å². The van der Waals surface area contributed by atoms with E-state index in [4.69, 9.17) is 9.15 Å². The average Bonchev–Trinajstić information content (AvgIpc) is 3.05. The van der Waals surface area contributed by atoms with E-state index in [0.29, 0.717) is 11.1 Å². The van der Waals surface area contributed by atoms with Crippen LogP contribution < -0.4 is 10.2 Å². The second-order valence-corrected chi connectivity index (χ2v) is 6.84. The molecular formula is C21H18N2O4. The zero-order valence-corrected chi connectivity index (χ0v) is 14.9. The van der Waals surface area contributed by atoms with E-state index >= 15 is 0 Å². The zero-order chi connectivity index (χ0) is 19.0. The molecule has 0 unspecified atom stereocenters. The third kappa shape index (κ3) is 3.42. The zero-order valence-electron chi connectivity index (χ0n) is 14.9. The minimum atomic E-state index is -0.461. The van der Waals surface area contributed by atoms with Crippen molar-refractivity contribution < 1.29 is 19.1 Å². The van der Waals surface area contributed by atoms with E-state index in [-0.39, 0.29) is 17.1 Å². The van der Waals surface area contributed by atoms with Crippen molar-refractivity contribution in [1.29, 1.82) is 0 Å². The molecule has 2 aromatic carbocycles. The minimum Gasteiger partial charge on any atom is -0.508 e. The fraction of sp³-hybridized carbons (Fsp3) is 0.143. The molecule has 0 bridgehead atoms. The Labute approximate surface area is 155 Å². The third-order valence-corrected chi connectivity index (χ3v) is 4.18. The van der Waals surface area contributed by atoms with Crippen LogP contribution >= 0.6 is 0 Å². The number of amides is 1. The third-order valence-electron chi connectivity index (χ3n) is 4.18. The molecule has 6 nitrogen and oxygen atoms in total. The van der Waals surface area contributed by atoms with Crippen LogP contribution in [0.25, 0.3) is 17.0 Å². The number of benzene rings is 2. The van der Waals surface area contributed by atoms with Gasteiger partial charge in [-0.2, -0.15) is 5.10 Å². The molecule has 4 rings (SSSR count). The summed E-state index contributed by atoms with van der Waals surface area (Å²) >= 11 is 0. The van der Waals surface area contributed by atoms with Gasteiger partial charge in [0.25, 0.3) is 0 Å². The standard InChI is InChI=1S/C21H18N2O4/c1-21(2)9-8-16-17(27-21)7-6-14-11-18(26-19(14)16)20(25)23-22-12-13-4-3-5-15(24)10-13/h3-12,24H,1-2H3,(H,23,25)/b22-12+. The number of phenolic OH excluding ortho intramolecular Hbond substituents is 1. The molecular weight excluding hydrogens is 344 g/mol. The van der Waals surface area contributed by atoms with Gasteiger partial charge in [0.1, 0.15) is 22.7 Å². The molecule has 0 spiro atoms. The molecule has 0 aliphatic carbocycles. The number of nitrogens with one attached hydrogen (secondary N) is 1. The van der Waals surface area contributed by atoms with E-state index in [1.807, 2.05) is 38.1 Å². The van der Waals surface area contributed by atoms with Crippen LogP contribution in [0, 0.1) is 0 Å². The molecule has 0 atom stereocenters. The van der Waals surface area contributed by atoms with Gasteiger partial charge >= 0.3 is 5.91 Å². The van der Waals surface area contributed by atoms with Crippen LogP contribution in [-0.2, 0) is 0 Å². The Morgan fingerprint density at radius 1 is 1.22 bits per heavy atom. The first-order valence-corrected chi connectivity index (χ1v) is 8.48. The van der Waals surface area contributed by atoms with Gasteiger partial charge < -0.3 is 14.3 Å². The van der Waals surface area contributed by atoms with Crippen LogP contribution in [0.5, 0.6) is 11.5 Å². The molecule has 1 amide bonds. The number of phenols is 1. The second-order valence-electron chi connectivity index (χ2n) is 6.84. The number of hydrogen-bond acceptors (Lipinski definition) is 5. The Morgan fingerprint density at radius 3 is 2.89 bits per heavy atom. The number of ether oxygens (including phenoxy) is 1. The fourth-order valence-corrected chi connectivity index (χ4v) is 2.89. The van der Waals surface area contributed by atoms with Gasteiger partial charge in [-0.1, -0.05) is 12.1 Å². The maximum absolute atomic E-state index is 12.3. The summed E-state index contributed by atoms with van der Waals surface area (Å²) in [7, 11) is 0. The molecule has 2 N–H and O–H groups in total. The number of carbonyl (C=O) groups excluding carboxylic acids is 1. The molecule has 0 radical (unpaired) electrons. The van der Waals surface area contributed by atoms with Crippen LogP contribution in [0.2, 0.25) is 0 Å². The monoisotopic (exact) mass is 362 g/mol. The summed E-state index contributed by atoms with van der Waals surface area (Å²) < 4.78 is 11.7. The summed E-state index contributed by atoms with van der Waals surface area (Å²) in [5.41, 5.74) is 4.12. The lowest BCUT2D eigenvalue weighted by atomic mass is 10.0. The van der Waals surface area contributed by atoms with Crippen LogP contribution in [0.4, 0.5) is 0 Å². The van der Waals surface area contributed by atoms with Gasteiger partial charge in [-0.25, -0.2) is 5.43 Å². The normalized spacial score (nSPS) is 14.9. The average molecular weight is 362 g/mol. The number of aromatic hydroxyl groups is 1. The van der Waals surface area contributed by atoms with Gasteiger partial charge in [0.2, 0.25) is 0 Å². The van der Waals surface area contributed by atoms with Gasteiger partial charge in [-0.3, -0.25) is 4.79 Å². The highest BCUT2D eigenvalue weighted by Crippen LogP contribution is 2.37. The van der Waals surface area contributed by atoms with E-state index < -0.39 is 5.91 Å².